The summed E-state index contributed by atoms with van der Waals surface area (Å²) in [6, 6.07) is 5.64. The van der Waals surface area contributed by atoms with Crippen LogP contribution in [-0.4, -0.2) is 40.9 Å². The summed E-state index contributed by atoms with van der Waals surface area (Å²) < 4.78 is 40.4. The van der Waals surface area contributed by atoms with Crippen molar-refractivity contribution >= 4 is 17.4 Å². The minimum Gasteiger partial charge on any atom is -0.383 e. The molecule has 2 saturated heterocycles. The Kier molecular flexibility index (Phi) is 4.26. The second kappa shape index (κ2) is 6.49. The minimum atomic E-state index is -4.70. The summed E-state index contributed by atoms with van der Waals surface area (Å²) in [4.78, 5) is 22.6. The first-order valence-corrected chi connectivity index (χ1v) is 8.67. The highest BCUT2D eigenvalue weighted by Crippen LogP contribution is 2.34. The lowest BCUT2D eigenvalue weighted by molar-refractivity contribution is -0.138. The summed E-state index contributed by atoms with van der Waals surface area (Å²) in [5.74, 6) is -0.636. The molecule has 4 heterocycles. The van der Waals surface area contributed by atoms with Crippen LogP contribution < -0.4 is 16.0 Å². The number of ketones is 1. The molecule has 2 fully saturated rings. The lowest BCUT2D eigenvalue weighted by Crippen LogP contribution is -2.51. The fourth-order valence-electron chi connectivity index (χ4n) is 3.75. The van der Waals surface area contributed by atoms with Crippen molar-refractivity contribution in [1.82, 2.24) is 15.3 Å². The van der Waals surface area contributed by atoms with Crippen LogP contribution in [0.4, 0.5) is 24.8 Å². The molecule has 0 aliphatic carbocycles. The molecule has 0 radical (unpaired) electrons. The van der Waals surface area contributed by atoms with Crippen LogP contribution in [0.15, 0.2) is 30.5 Å². The Morgan fingerprint density at radius 3 is 2.56 bits per heavy atom. The van der Waals surface area contributed by atoms with Crippen LogP contribution in [0, 0.1) is 0 Å². The number of piperazine rings is 1. The zero-order chi connectivity index (χ0) is 19.2. The SMILES string of the molecule is Nc1ncccc1C(=O)c1nc(N2CC3CCC(C2)N3)ccc1C(F)(F)F.[HH].[HH]. The van der Waals surface area contributed by atoms with Crippen molar-refractivity contribution in [2.75, 3.05) is 23.7 Å². The second-order valence-electron chi connectivity index (χ2n) is 6.87. The average molecular weight is 381 g/mol. The molecule has 6 nitrogen and oxygen atoms in total. The van der Waals surface area contributed by atoms with Crippen LogP contribution in [0.2, 0.25) is 0 Å². The van der Waals surface area contributed by atoms with Crippen LogP contribution >= 0.6 is 0 Å². The second-order valence-corrected chi connectivity index (χ2v) is 6.87. The van der Waals surface area contributed by atoms with Gasteiger partial charge in [-0.3, -0.25) is 4.79 Å². The minimum absolute atomic E-state index is 0. The Balaban J connectivity index is 0.00000150. The molecule has 2 aliphatic rings. The van der Waals surface area contributed by atoms with Gasteiger partial charge in [-0.05, 0) is 37.1 Å². The Morgan fingerprint density at radius 2 is 1.93 bits per heavy atom. The lowest BCUT2D eigenvalue weighted by atomic mass is 10.0. The summed E-state index contributed by atoms with van der Waals surface area (Å²) >= 11 is 0. The van der Waals surface area contributed by atoms with E-state index in [1.54, 1.807) is 0 Å². The number of fused-ring (bicyclic) bond motifs is 2. The summed E-state index contributed by atoms with van der Waals surface area (Å²) in [6.45, 7) is 1.30. The fraction of sp³-hybridized carbons (Fsp3) is 0.389. The number of carbonyl (C=O) groups is 1. The quantitative estimate of drug-likeness (QED) is 0.796. The number of pyridine rings is 2. The number of nitrogens with two attached hydrogens (primary N) is 1. The number of nitrogens with zero attached hydrogens (tertiary/aromatic N) is 3. The Hall–Kier alpha value is -2.68. The van der Waals surface area contributed by atoms with Gasteiger partial charge < -0.3 is 16.0 Å². The molecule has 4 rings (SSSR count). The van der Waals surface area contributed by atoms with Crippen molar-refractivity contribution in [3.63, 3.8) is 0 Å². The number of nitrogen functional groups attached to an aromatic ring is 1. The van der Waals surface area contributed by atoms with Gasteiger partial charge in [0.2, 0.25) is 5.78 Å². The Morgan fingerprint density at radius 1 is 1.22 bits per heavy atom. The number of hydrogen-bond acceptors (Lipinski definition) is 6. The highest BCUT2D eigenvalue weighted by Gasteiger charge is 2.38. The van der Waals surface area contributed by atoms with Gasteiger partial charge in [-0.1, -0.05) is 0 Å². The van der Waals surface area contributed by atoms with E-state index in [9.17, 15) is 18.0 Å². The van der Waals surface area contributed by atoms with Crippen molar-refractivity contribution < 1.29 is 20.8 Å². The van der Waals surface area contributed by atoms with Gasteiger partial charge in [-0.15, -0.1) is 0 Å². The third-order valence-electron chi connectivity index (χ3n) is 5.02. The van der Waals surface area contributed by atoms with Gasteiger partial charge in [0.1, 0.15) is 17.3 Å². The smallest absolute Gasteiger partial charge is 0.383 e. The van der Waals surface area contributed by atoms with E-state index in [1.807, 2.05) is 4.90 Å². The van der Waals surface area contributed by atoms with Gasteiger partial charge >= 0.3 is 6.18 Å². The molecule has 2 bridgehead atoms. The largest absolute Gasteiger partial charge is 0.418 e. The summed E-state index contributed by atoms with van der Waals surface area (Å²) in [7, 11) is 0. The monoisotopic (exact) mass is 381 g/mol. The van der Waals surface area contributed by atoms with E-state index in [4.69, 9.17) is 5.73 Å². The maximum absolute atomic E-state index is 13.5. The zero-order valence-corrected chi connectivity index (χ0v) is 14.3. The van der Waals surface area contributed by atoms with Gasteiger partial charge in [0, 0.05) is 34.2 Å². The number of halogens is 3. The van der Waals surface area contributed by atoms with Gasteiger partial charge in [0.05, 0.1) is 11.1 Å². The first-order chi connectivity index (χ1) is 12.8. The van der Waals surface area contributed by atoms with Crippen molar-refractivity contribution in [2.45, 2.75) is 31.1 Å². The van der Waals surface area contributed by atoms with Crippen LogP contribution in [0.25, 0.3) is 0 Å². The molecule has 0 saturated carbocycles. The molecule has 2 aromatic rings. The number of hydrogen-bond donors (Lipinski definition) is 2. The van der Waals surface area contributed by atoms with E-state index in [0.29, 0.717) is 31.0 Å². The Labute approximate surface area is 156 Å². The topological polar surface area (TPSA) is 84.1 Å². The van der Waals surface area contributed by atoms with Gasteiger partial charge in [0.15, 0.2) is 0 Å². The van der Waals surface area contributed by atoms with Crippen LogP contribution in [0.1, 0.15) is 37.3 Å². The van der Waals surface area contributed by atoms with E-state index in [2.05, 4.69) is 15.3 Å². The van der Waals surface area contributed by atoms with Crippen LogP contribution in [-0.2, 0) is 6.18 Å². The molecule has 2 atom stereocenters. The van der Waals surface area contributed by atoms with E-state index in [-0.39, 0.29) is 14.2 Å². The van der Waals surface area contributed by atoms with Crippen molar-refractivity contribution in [2.24, 2.45) is 0 Å². The van der Waals surface area contributed by atoms with Crippen molar-refractivity contribution in [1.29, 1.82) is 0 Å². The maximum atomic E-state index is 13.5. The van der Waals surface area contributed by atoms with Crippen molar-refractivity contribution in [3.05, 3.63) is 47.3 Å². The predicted octanol–water partition coefficient (Wildman–Crippen LogP) is 2.74. The fourth-order valence-corrected chi connectivity index (χ4v) is 3.75. The van der Waals surface area contributed by atoms with Crippen LogP contribution in [0.5, 0.6) is 0 Å². The number of alkyl halides is 3. The standard InChI is InChI=1S/C18H18F3N5O.2H2/c19-18(20,21)13-5-6-14(26-8-10-3-4-11(9-26)24-10)25-15(13)16(27)12-2-1-7-23-17(12)22;;/h1-2,5-7,10-11,24H,3-4,8-9H2,(H2,22,23);2*1H. The molecule has 2 aromatic heterocycles. The average Bonchev–Trinajstić information content (AvgIpc) is 2.98. The molecule has 9 heteroatoms. The molecular weight excluding hydrogens is 359 g/mol. The number of anilines is 2. The first-order valence-electron chi connectivity index (χ1n) is 8.67. The number of carbonyl (C=O) groups excluding carboxylic acids is 1. The van der Waals surface area contributed by atoms with E-state index in [0.717, 1.165) is 18.9 Å². The van der Waals surface area contributed by atoms with E-state index >= 15 is 0 Å². The molecule has 0 aromatic carbocycles. The third-order valence-corrected chi connectivity index (χ3v) is 5.02. The molecule has 3 N–H and O–H groups in total. The molecule has 27 heavy (non-hydrogen) atoms. The van der Waals surface area contributed by atoms with Gasteiger partial charge in [-0.25, -0.2) is 9.97 Å². The summed E-state index contributed by atoms with van der Waals surface area (Å²) in [5.41, 5.74) is 3.87. The number of rotatable bonds is 3. The van der Waals surface area contributed by atoms with E-state index in [1.165, 1.54) is 24.4 Å². The predicted molar refractivity (Wildman–Crippen MR) is 97.7 cm³/mol. The lowest BCUT2D eigenvalue weighted by Gasteiger charge is -2.34. The molecule has 2 aliphatic heterocycles. The molecule has 2 unspecified atom stereocenters. The molecule has 0 amide bonds. The van der Waals surface area contributed by atoms with Gasteiger partial charge in [0.25, 0.3) is 0 Å². The zero-order valence-electron chi connectivity index (χ0n) is 14.3. The first kappa shape index (κ1) is 17.7. The maximum Gasteiger partial charge on any atom is 0.418 e. The molecule has 146 valence electrons. The normalized spacial score (nSPS) is 22.1. The highest BCUT2D eigenvalue weighted by molar-refractivity contribution is 6.11. The molecule has 0 spiro atoms. The van der Waals surface area contributed by atoms with E-state index < -0.39 is 23.2 Å². The van der Waals surface area contributed by atoms with Crippen molar-refractivity contribution in [3.8, 4) is 0 Å². The third kappa shape index (κ3) is 3.34. The summed E-state index contributed by atoms with van der Waals surface area (Å²) in [6.07, 6.45) is -1.27. The number of aromatic nitrogens is 2. The highest BCUT2D eigenvalue weighted by atomic mass is 19.4. The van der Waals surface area contributed by atoms with Crippen LogP contribution in [0.3, 0.4) is 0 Å². The Bertz CT molecular complexity index is 884. The van der Waals surface area contributed by atoms with Gasteiger partial charge in [-0.2, -0.15) is 13.2 Å². The molecular formula is C18H22F3N5O. The number of nitrogens with one attached hydrogen (secondary N) is 1. The summed E-state index contributed by atoms with van der Waals surface area (Å²) in [5, 5.41) is 3.46.